The fourth-order valence-corrected chi connectivity index (χ4v) is 3.98. The monoisotopic (exact) mass is 313 g/mol. The minimum atomic E-state index is 0.712. The van der Waals surface area contributed by atoms with Gasteiger partial charge < -0.3 is 5.32 Å². The fraction of sp³-hybridized carbons (Fsp3) is 0.571. The molecule has 1 N–H and O–H groups in total. The third-order valence-corrected chi connectivity index (χ3v) is 5.05. The molecule has 1 aromatic carbocycles. The van der Waals surface area contributed by atoms with Crippen molar-refractivity contribution in [3.8, 4) is 0 Å². The van der Waals surface area contributed by atoms with Crippen LogP contribution < -0.4 is 5.32 Å². The van der Waals surface area contributed by atoms with E-state index < -0.39 is 0 Å². The first-order valence-electron chi connectivity index (χ1n) is 6.35. The van der Waals surface area contributed by atoms with Gasteiger partial charge in [0, 0.05) is 16.3 Å². The zero-order valence-corrected chi connectivity index (χ0v) is 12.7. The number of hydrogen-bond acceptors (Lipinski definition) is 2. The van der Waals surface area contributed by atoms with E-state index in [1.807, 2.05) is 0 Å². The van der Waals surface area contributed by atoms with E-state index in [4.69, 9.17) is 0 Å². The van der Waals surface area contributed by atoms with Crippen LogP contribution in [0.25, 0.3) is 0 Å². The maximum atomic E-state index is 3.68. The van der Waals surface area contributed by atoms with Crippen LogP contribution in [0.2, 0.25) is 0 Å². The van der Waals surface area contributed by atoms with Crippen molar-refractivity contribution in [2.45, 2.75) is 25.8 Å². The Bertz CT molecular complexity index is 339. The van der Waals surface area contributed by atoms with Crippen molar-refractivity contribution in [3.63, 3.8) is 0 Å². The second kappa shape index (κ2) is 6.81. The van der Waals surface area contributed by atoms with Crippen molar-refractivity contribution < 1.29 is 0 Å². The standard InChI is InChI=1S/C14H20BrNS/c1-2-7-16-14-10-17-9-12(14)8-11-3-5-13(15)6-4-11/h3-6,12,14,16H,2,7-10H2,1H3. The molecule has 1 nitrogen and oxygen atoms in total. The van der Waals surface area contributed by atoms with E-state index in [0.29, 0.717) is 6.04 Å². The Kier molecular flexibility index (Phi) is 5.39. The molecule has 3 heteroatoms. The van der Waals surface area contributed by atoms with Gasteiger partial charge in [-0.25, -0.2) is 0 Å². The molecule has 17 heavy (non-hydrogen) atoms. The van der Waals surface area contributed by atoms with Crippen molar-refractivity contribution >= 4 is 27.7 Å². The highest BCUT2D eigenvalue weighted by atomic mass is 79.9. The SMILES string of the molecule is CCCNC1CSCC1Cc1ccc(Br)cc1. The normalized spacial score (nSPS) is 24.1. The van der Waals surface area contributed by atoms with E-state index in [0.717, 1.165) is 12.5 Å². The molecule has 1 saturated heterocycles. The third kappa shape index (κ3) is 4.01. The predicted octanol–water partition coefficient (Wildman–Crippen LogP) is 3.72. The van der Waals surface area contributed by atoms with Crippen LogP contribution in [0.3, 0.4) is 0 Å². The van der Waals surface area contributed by atoms with Crippen LogP contribution >= 0.6 is 27.7 Å². The van der Waals surface area contributed by atoms with Gasteiger partial charge in [0.05, 0.1) is 0 Å². The van der Waals surface area contributed by atoms with E-state index in [1.54, 1.807) is 0 Å². The van der Waals surface area contributed by atoms with Crippen molar-refractivity contribution in [1.29, 1.82) is 0 Å². The van der Waals surface area contributed by atoms with Crippen LogP contribution in [-0.2, 0) is 6.42 Å². The summed E-state index contributed by atoms with van der Waals surface area (Å²) < 4.78 is 1.17. The Balaban J connectivity index is 1.90. The lowest BCUT2D eigenvalue weighted by Gasteiger charge is -2.20. The summed E-state index contributed by atoms with van der Waals surface area (Å²) in [6.45, 7) is 3.39. The van der Waals surface area contributed by atoms with Gasteiger partial charge >= 0.3 is 0 Å². The van der Waals surface area contributed by atoms with Gasteiger partial charge in [0.25, 0.3) is 0 Å². The highest BCUT2D eigenvalue weighted by Crippen LogP contribution is 2.27. The predicted molar refractivity (Wildman–Crippen MR) is 80.7 cm³/mol. The lowest BCUT2D eigenvalue weighted by Crippen LogP contribution is -2.36. The first-order valence-corrected chi connectivity index (χ1v) is 8.30. The van der Waals surface area contributed by atoms with E-state index >= 15 is 0 Å². The molecule has 1 aliphatic heterocycles. The van der Waals surface area contributed by atoms with Crippen LogP contribution in [0.4, 0.5) is 0 Å². The van der Waals surface area contributed by atoms with Crippen molar-refractivity contribution in [2.24, 2.45) is 5.92 Å². The van der Waals surface area contributed by atoms with Gasteiger partial charge in [-0.3, -0.25) is 0 Å². The van der Waals surface area contributed by atoms with Gasteiger partial charge in [-0.05, 0) is 48.8 Å². The zero-order chi connectivity index (χ0) is 12.1. The van der Waals surface area contributed by atoms with Gasteiger partial charge in [-0.1, -0.05) is 35.0 Å². The molecule has 1 fully saturated rings. The Morgan fingerprint density at radius 2 is 2.06 bits per heavy atom. The first kappa shape index (κ1) is 13.4. The maximum Gasteiger partial charge on any atom is 0.0197 e. The number of thioether (sulfide) groups is 1. The molecule has 1 aromatic rings. The molecule has 1 aliphatic rings. The minimum absolute atomic E-state index is 0.712. The summed E-state index contributed by atoms with van der Waals surface area (Å²) in [6.07, 6.45) is 2.44. The zero-order valence-electron chi connectivity index (χ0n) is 10.3. The molecule has 0 aromatic heterocycles. The number of nitrogens with one attached hydrogen (secondary N) is 1. The molecule has 0 bridgehead atoms. The Hall–Kier alpha value is 0.01000. The Morgan fingerprint density at radius 1 is 1.29 bits per heavy atom. The van der Waals surface area contributed by atoms with E-state index in [-0.39, 0.29) is 0 Å². The third-order valence-electron chi connectivity index (χ3n) is 3.27. The Morgan fingerprint density at radius 3 is 2.76 bits per heavy atom. The van der Waals surface area contributed by atoms with Gasteiger partial charge in [0.1, 0.15) is 0 Å². The van der Waals surface area contributed by atoms with Crippen LogP contribution in [0.5, 0.6) is 0 Å². The summed E-state index contributed by atoms with van der Waals surface area (Å²) in [5.41, 5.74) is 1.46. The smallest absolute Gasteiger partial charge is 0.0197 e. The van der Waals surface area contributed by atoms with Crippen LogP contribution in [0.1, 0.15) is 18.9 Å². The summed E-state index contributed by atoms with van der Waals surface area (Å²) in [5, 5.41) is 3.68. The topological polar surface area (TPSA) is 12.0 Å². The lowest BCUT2D eigenvalue weighted by molar-refractivity contribution is 0.425. The van der Waals surface area contributed by atoms with E-state index in [1.165, 1.54) is 34.4 Å². The molecule has 2 rings (SSSR count). The fourth-order valence-electron chi connectivity index (χ4n) is 2.28. The van der Waals surface area contributed by atoms with Gasteiger partial charge in [-0.2, -0.15) is 11.8 Å². The first-order chi connectivity index (χ1) is 8.29. The summed E-state index contributed by atoms with van der Waals surface area (Å²) in [4.78, 5) is 0. The largest absolute Gasteiger partial charge is 0.313 e. The molecule has 2 atom stereocenters. The average Bonchev–Trinajstić information content (AvgIpc) is 2.77. The molecule has 0 spiro atoms. The summed E-state index contributed by atoms with van der Waals surface area (Å²) in [5.74, 6) is 3.38. The number of halogens is 1. The molecule has 94 valence electrons. The van der Waals surface area contributed by atoms with Crippen LogP contribution in [-0.4, -0.2) is 24.1 Å². The number of rotatable bonds is 5. The molecule has 0 aliphatic carbocycles. The van der Waals surface area contributed by atoms with Crippen LogP contribution in [0, 0.1) is 5.92 Å². The molecular weight excluding hydrogens is 294 g/mol. The van der Waals surface area contributed by atoms with E-state index in [2.05, 4.69) is 64.2 Å². The van der Waals surface area contributed by atoms with Gasteiger partial charge in [0.2, 0.25) is 0 Å². The molecule has 0 saturated carbocycles. The summed E-state index contributed by atoms with van der Waals surface area (Å²) in [6, 6.07) is 9.48. The maximum absolute atomic E-state index is 3.68. The number of hydrogen-bond donors (Lipinski definition) is 1. The minimum Gasteiger partial charge on any atom is -0.313 e. The lowest BCUT2D eigenvalue weighted by atomic mass is 9.95. The summed E-state index contributed by atoms with van der Waals surface area (Å²) in [7, 11) is 0. The van der Waals surface area contributed by atoms with Crippen molar-refractivity contribution in [3.05, 3.63) is 34.3 Å². The van der Waals surface area contributed by atoms with Gasteiger partial charge in [-0.15, -0.1) is 0 Å². The Labute approximate surface area is 117 Å². The van der Waals surface area contributed by atoms with Gasteiger partial charge in [0.15, 0.2) is 0 Å². The molecular formula is C14H20BrNS. The molecule has 1 heterocycles. The second-order valence-corrected chi connectivity index (χ2v) is 6.68. The molecule has 2 unspecified atom stereocenters. The van der Waals surface area contributed by atoms with Crippen molar-refractivity contribution in [2.75, 3.05) is 18.1 Å². The van der Waals surface area contributed by atoms with Crippen LogP contribution in [0.15, 0.2) is 28.7 Å². The number of benzene rings is 1. The van der Waals surface area contributed by atoms with Crippen molar-refractivity contribution in [1.82, 2.24) is 5.32 Å². The highest BCUT2D eigenvalue weighted by Gasteiger charge is 2.26. The molecule has 0 amide bonds. The summed E-state index contributed by atoms with van der Waals surface area (Å²) >= 11 is 5.58. The molecule has 0 radical (unpaired) electrons. The quantitative estimate of drug-likeness (QED) is 0.889. The van der Waals surface area contributed by atoms with E-state index in [9.17, 15) is 0 Å². The highest BCUT2D eigenvalue weighted by molar-refractivity contribution is 9.10. The average molecular weight is 314 g/mol. The second-order valence-electron chi connectivity index (χ2n) is 4.69.